The van der Waals surface area contributed by atoms with Gasteiger partial charge in [0.15, 0.2) is 0 Å². The molecule has 258 valence electrons. The molecule has 0 spiro atoms. The SMILES string of the molecule is c1ccc(-c2cc(N(c3ccc(-c4ccccc4)c4ccccc34)c3cccc4c3sc3ccccc34)ccc2-c2cccc3sc4ccccc4c23)cc1. The minimum Gasteiger partial charge on any atom is -0.308 e. The van der Waals surface area contributed by atoms with Crippen molar-refractivity contribution >= 4 is 90.9 Å². The lowest BCUT2D eigenvalue weighted by Gasteiger charge is -2.29. The zero-order valence-electron chi connectivity index (χ0n) is 29.8. The number of thiophene rings is 2. The molecule has 0 unspecified atom stereocenters. The first-order valence-electron chi connectivity index (χ1n) is 18.7. The van der Waals surface area contributed by atoms with Crippen molar-refractivity contribution in [2.75, 3.05) is 4.90 Å². The molecule has 11 aromatic rings. The van der Waals surface area contributed by atoms with Crippen molar-refractivity contribution in [2.24, 2.45) is 0 Å². The Balaban J connectivity index is 1.21. The zero-order chi connectivity index (χ0) is 36.3. The van der Waals surface area contributed by atoms with Gasteiger partial charge in [-0.15, -0.1) is 22.7 Å². The maximum Gasteiger partial charge on any atom is 0.0640 e. The van der Waals surface area contributed by atoms with Crippen LogP contribution in [0.4, 0.5) is 17.1 Å². The van der Waals surface area contributed by atoms with Crippen molar-refractivity contribution in [3.05, 3.63) is 200 Å². The summed E-state index contributed by atoms with van der Waals surface area (Å²) in [4.78, 5) is 2.51. The molecule has 0 radical (unpaired) electrons. The highest BCUT2D eigenvalue weighted by Crippen LogP contribution is 2.50. The van der Waals surface area contributed by atoms with Gasteiger partial charge in [-0.1, -0.05) is 158 Å². The number of hydrogen-bond donors (Lipinski definition) is 0. The molecule has 0 fully saturated rings. The van der Waals surface area contributed by atoms with Gasteiger partial charge in [-0.2, -0.15) is 0 Å². The fourth-order valence-corrected chi connectivity index (χ4v) is 10.8. The molecule has 0 aliphatic rings. The van der Waals surface area contributed by atoms with Crippen LogP contribution in [0.3, 0.4) is 0 Å². The van der Waals surface area contributed by atoms with Crippen LogP contribution >= 0.6 is 22.7 Å². The van der Waals surface area contributed by atoms with Crippen LogP contribution in [0.1, 0.15) is 0 Å². The Kier molecular flexibility index (Phi) is 7.61. The molecule has 0 saturated carbocycles. The Morgan fingerprint density at radius 1 is 0.309 bits per heavy atom. The molecule has 0 saturated heterocycles. The van der Waals surface area contributed by atoms with E-state index in [1.54, 1.807) is 0 Å². The average molecular weight is 736 g/mol. The maximum absolute atomic E-state index is 2.51. The molecule has 1 nitrogen and oxygen atoms in total. The number of nitrogens with zero attached hydrogens (tertiary/aromatic N) is 1. The Bertz CT molecular complexity index is 3210. The number of hydrogen-bond acceptors (Lipinski definition) is 3. The van der Waals surface area contributed by atoms with E-state index in [1.165, 1.54) is 90.2 Å². The van der Waals surface area contributed by atoms with E-state index in [9.17, 15) is 0 Å². The number of fused-ring (bicyclic) bond motifs is 7. The van der Waals surface area contributed by atoms with Crippen LogP contribution in [0, 0.1) is 0 Å². The monoisotopic (exact) mass is 735 g/mol. The molecule has 0 aliphatic heterocycles. The van der Waals surface area contributed by atoms with E-state index in [-0.39, 0.29) is 0 Å². The van der Waals surface area contributed by atoms with Crippen LogP contribution in [-0.4, -0.2) is 0 Å². The summed E-state index contributed by atoms with van der Waals surface area (Å²) in [5.41, 5.74) is 10.8. The largest absolute Gasteiger partial charge is 0.308 e. The van der Waals surface area contributed by atoms with Gasteiger partial charge in [0.25, 0.3) is 0 Å². The molecular formula is C52H33NS2. The first-order valence-corrected chi connectivity index (χ1v) is 20.3. The normalized spacial score (nSPS) is 11.6. The van der Waals surface area contributed by atoms with E-state index in [1.807, 2.05) is 22.7 Å². The minimum absolute atomic E-state index is 1.12. The Labute approximate surface area is 327 Å². The lowest BCUT2D eigenvalue weighted by atomic mass is 9.91. The smallest absolute Gasteiger partial charge is 0.0640 e. The first-order chi connectivity index (χ1) is 27.3. The summed E-state index contributed by atoms with van der Waals surface area (Å²) in [6.07, 6.45) is 0. The molecule has 3 heteroatoms. The van der Waals surface area contributed by atoms with Crippen molar-refractivity contribution in [2.45, 2.75) is 0 Å². The molecule has 0 amide bonds. The lowest BCUT2D eigenvalue weighted by Crippen LogP contribution is -2.11. The van der Waals surface area contributed by atoms with Gasteiger partial charge in [-0.25, -0.2) is 0 Å². The van der Waals surface area contributed by atoms with E-state index in [2.05, 4.69) is 205 Å². The second-order valence-electron chi connectivity index (χ2n) is 14.0. The van der Waals surface area contributed by atoms with Gasteiger partial charge in [-0.05, 0) is 81.2 Å². The number of rotatable bonds is 6. The molecular weight excluding hydrogens is 703 g/mol. The van der Waals surface area contributed by atoms with Crippen LogP contribution in [0.15, 0.2) is 200 Å². The quantitative estimate of drug-likeness (QED) is 0.164. The van der Waals surface area contributed by atoms with Crippen molar-refractivity contribution in [1.82, 2.24) is 0 Å². The van der Waals surface area contributed by atoms with Gasteiger partial charge in [0.05, 0.1) is 16.1 Å². The van der Waals surface area contributed by atoms with Crippen LogP contribution < -0.4 is 4.90 Å². The Morgan fingerprint density at radius 2 is 0.891 bits per heavy atom. The number of benzene rings is 9. The minimum atomic E-state index is 1.12. The van der Waals surface area contributed by atoms with E-state index in [0.29, 0.717) is 0 Å². The molecule has 0 bridgehead atoms. The van der Waals surface area contributed by atoms with Crippen LogP contribution in [0.2, 0.25) is 0 Å². The van der Waals surface area contributed by atoms with E-state index >= 15 is 0 Å². The van der Waals surface area contributed by atoms with E-state index < -0.39 is 0 Å². The highest BCUT2D eigenvalue weighted by Gasteiger charge is 2.23. The van der Waals surface area contributed by atoms with Crippen LogP contribution in [0.25, 0.3) is 84.5 Å². The summed E-state index contributed by atoms with van der Waals surface area (Å²) in [5.74, 6) is 0. The van der Waals surface area contributed by atoms with Crippen LogP contribution in [-0.2, 0) is 0 Å². The summed E-state index contributed by atoms with van der Waals surface area (Å²) < 4.78 is 5.20. The van der Waals surface area contributed by atoms with Gasteiger partial charge in [-0.3, -0.25) is 0 Å². The number of anilines is 3. The highest BCUT2D eigenvalue weighted by molar-refractivity contribution is 7.26. The molecule has 55 heavy (non-hydrogen) atoms. The third kappa shape index (κ3) is 5.27. The molecule has 2 aromatic heterocycles. The summed E-state index contributed by atoms with van der Waals surface area (Å²) in [6, 6.07) is 73.4. The molecule has 0 atom stereocenters. The third-order valence-electron chi connectivity index (χ3n) is 10.9. The van der Waals surface area contributed by atoms with Crippen molar-refractivity contribution in [3.63, 3.8) is 0 Å². The molecule has 0 N–H and O–H groups in total. The van der Waals surface area contributed by atoms with Gasteiger partial charge >= 0.3 is 0 Å². The highest BCUT2D eigenvalue weighted by atomic mass is 32.1. The fraction of sp³-hybridized carbons (Fsp3) is 0. The van der Waals surface area contributed by atoms with E-state index in [4.69, 9.17) is 0 Å². The summed E-state index contributed by atoms with van der Waals surface area (Å²) in [7, 11) is 0. The average Bonchev–Trinajstić information content (AvgIpc) is 3.84. The predicted octanol–water partition coefficient (Wildman–Crippen LogP) is 16.0. The second-order valence-corrected chi connectivity index (χ2v) is 16.1. The Morgan fingerprint density at radius 3 is 1.67 bits per heavy atom. The summed E-state index contributed by atoms with van der Waals surface area (Å²) >= 11 is 3.75. The predicted molar refractivity (Wildman–Crippen MR) is 241 cm³/mol. The summed E-state index contributed by atoms with van der Waals surface area (Å²) in [5, 5.41) is 7.65. The third-order valence-corrected chi connectivity index (χ3v) is 13.2. The van der Waals surface area contributed by atoms with Gasteiger partial charge in [0.2, 0.25) is 0 Å². The summed E-state index contributed by atoms with van der Waals surface area (Å²) in [6.45, 7) is 0. The second kappa shape index (κ2) is 13.1. The molecule has 2 heterocycles. The van der Waals surface area contributed by atoms with Crippen molar-refractivity contribution in [1.29, 1.82) is 0 Å². The molecule has 11 rings (SSSR count). The zero-order valence-corrected chi connectivity index (χ0v) is 31.4. The van der Waals surface area contributed by atoms with Gasteiger partial charge < -0.3 is 4.90 Å². The lowest BCUT2D eigenvalue weighted by molar-refractivity contribution is 1.32. The van der Waals surface area contributed by atoms with Crippen molar-refractivity contribution in [3.8, 4) is 33.4 Å². The van der Waals surface area contributed by atoms with Gasteiger partial charge in [0, 0.05) is 46.7 Å². The topological polar surface area (TPSA) is 3.24 Å². The first kappa shape index (κ1) is 32.0. The van der Waals surface area contributed by atoms with E-state index in [0.717, 1.165) is 11.4 Å². The maximum atomic E-state index is 2.51. The molecule has 0 aliphatic carbocycles. The Hall–Kier alpha value is -6.52. The standard InChI is InChI=1S/C52H33NS2/c1-3-15-34(16-4-1)37-31-32-46(40-20-8-7-19-38(37)40)53(47-25-13-24-43-41-21-9-11-26-48(41)55-52(43)47)36-29-30-39(45(33-36)35-17-5-2-6-18-35)42-23-14-28-50-51(42)44-22-10-12-27-49(44)54-50/h1-33H. The fourth-order valence-electron chi connectivity index (χ4n) is 8.43. The van der Waals surface area contributed by atoms with Crippen LogP contribution in [0.5, 0.6) is 0 Å². The molecule has 9 aromatic carbocycles. The van der Waals surface area contributed by atoms with Gasteiger partial charge in [0.1, 0.15) is 0 Å². The van der Waals surface area contributed by atoms with Crippen molar-refractivity contribution < 1.29 is 0 Å².